The van der Waals surface area contributed by atoms with Crippen LogP contribution in [0, 0.1) is 0 Å². The van der Waals surface area contributed by atoms with Gasteiger partial charge in [-0.05, 0) is 54.6 Å². The first-order valence-corrected chi connectivity index (χ1v) is 21.3. The second kappa shape index (κ2) is 14.0. The quantitative estimate of drug-likeness (QED) is 0.168. The fraction of sp³-hybridized carbons (Fsp3) is 0. The Hall–Kier alpha value is -8.61. The highest BCUT2D eigenvalue weighted by Gasteiger charge is 2.34. The molecule has 63 heavy (non-hydrogen) atoms. The van der Waals surface area contributed by atoms with Crippen molar-refractivity contribution in [3.8, 4) is 50.4 Å². The van der Waals surface area contributed by atoms with E-state index in [1.807, 2.05) is 55.4 Å². The molecule has 0 fully saturated rings. The number of rotatable bonds is 6. The van der Waals surface area contributed by atoms with Crippen molar-refractivity contribution in [3.05, 3.63) is 219 Å². The van der Waals surface area contributed by atoms with E-state index in [1.165, 1.54) is 32.3 Å². The average molecular weight is 805 g/mol. The lowest BCUT2D eigenvalue weighted by Crippen LogP contribution is -2.14. The average Bonchev–Trinajstić information content (AvgIpc) is 4.00. The summed E-state index contributed by atoms with van der Waals surface area (Å²) < 4.78 is 7.54. The molecule has 294 valence electrons. The standard InChI is InChI=1S/C57H36N6/c1-7-25-46-40(19-1)41-20-2-8-26-47(41)61(46)55-53(38-17-14-32-59-35-38)52(37-16-13-31-58-34-37)54(39-18-15-33-60-36-39)56(62-48-27-9-3-21-42(48)43-22-4-10-28-49(43)62)57(55)63-50-29-11-5-23-44(50)45-24-6-12-30-51(45)63/h1-36H. The van der Waals surface area contributed by atoms with Crippen LogP contribution in [0.1, 0.15) is 0 Å². The van der Waals surface area contributed by atoms with Crippen molar-refractivity contribution in [1.29, 1.82) is 0 Å². The summed E-state index contributed by atoms with van der Waals surface area (Å²) in [7, 11) is 0. The van der Waals surface area contributed by atoms with Crippen molar-refractivity contribution >= 4 is 65.4 Å². The molecule has 7 aromatic carbocycles. The molecule has 6 heteroatoms. The van der Waals surface area contributed by atoms with Gasteiger partial charge in [-0.3, -0.25) is 15.0 Å². The number of aromatic nitrogens is 6. The highest BCUT2D eigenvalue weighted by Crippen LogP contribution is 2.54. The SMILES string of the molecule is c1cncc(-c2c(-c3cccnc3)c(-n3c4ccccc4c4ccccc43)c(-n3c4ccccc4c4ccccc43)c(-n3c4ccccc4c4ccccc43)c2-c2cccnc2)c1. The second-order valence-electron chi connectivity index (χ2n) is 16.0. The number of pyridine rings is 3. The molecule has 6 nitrogen and oxygen atoms in total. The minimum Gasteiger partial charge on any atom is -0.306 e. The van der Waals surface area contributed by atoms with Gasteiger partial charge in [-0.1, -0.05) is 127 Å². The smallest absolute Gasteiger partial charge is 0.0960 e. The normalized spacial score (nSPS) is 11.8. The monoisotopic (exact) mass is 804 g/mol. The van der Waals surface area contributed by atoms with Crippen molar-refractivity contribution < 1.29 is 0 Å². The third-order valence-electron chi connectivity index (χ3n) is 12.7. The molecule has 0 saturated heterocycles. The second-order valence-corrected chi connectivity index (χ2v) is 16.0. The highest BCUT2D eigenvalue weighted by atomic mass is 15.1. The fourth-order valence-electron chi connectivity index (χ4n) is 10.2. The summed E-state index contributed by atoms with van der Waals surface area (Å²) in [5, 5.41) is 7.06. The number of nitrogens with zero attached hydrogens (tertiary/aromatic N) is 6. The van der Waals surface area contributed by atoms with E-state index in [0.717, 1.165) is 83.5 Å². The van der Waals surface area contributed by atoms with Gasteiger partial charge < -0.3 is 13.7 Å². The first-order chi connectivity index (χ1) is 31.3. The Morgan fingerprint density at radius 2 is 0.492 bits per heavy atom. The van der Waals surface area contributed by atoms with Gasteiger partial charge in [0.15, 0.2) is 0 Å². The zero-order valence-corrected chi connectivity index (χ0v) is 34.0. The number of fused-ring (bicyclic) bond motifs is 9. The third-order valence-corrected chi connectivity index (χ3v) is 12.7. The maximum Gasteiger partial charge on any atom is 0.0960 e. The van der Waals surface area contributed by atoms with Gasteiger partial charge in [0.1, 0.15) is 0 Å². The largest absolute Gasteiger partial charge is 0.306 e. The summed E-state index contributed by atoms with van der Waals surface area (Å²) in [6.45, 7) is 0. The van der Waals surface area contributed by atoms with E-state index in [4.69, 9.17) is 15.0 Å². The summed E-state index contributed by atoms with van der Waals surface area (Å²) in [5.41, 5.74) is 15.7. The zero-order valence-electron chi connectivity index (χ0n) is 34.0. The van der Waals surface area contributed by atoms with Gasteiger partial charge in [0, 0.05) is 103 Å². The van der Waals surface area contributed by atoms with Crippen molar-refractivity contribution in [1.82, 2.24) is 28.7 Å². The van der Waals surface area contributed by atoms with E-state index in [9.17, 15) is 0 Å². The Balaban J connectivity index is 1.43. The van der Waals surface area contributed by atoms with E-state index in [2.05, 4.69) is 177 Å². The molecule has 6 aromatic heterocycles. The summed E-state index contributed by atoms with van der Waals surface area (Å²) in [4.78, 5) is 14.5. The van der Waals surface area contributed by atoms with Crippen LogP contribution in [0.2, 0.25) is 0 Å². The zero-order chi connectivity index (χ0) is 41.4. The van der Waals surface area contributed by atoms with Crippen LogP contribution in [0.25, 0.3) is 116 Å². The van der Waals surface area contributed by atoms with Crippen LogP contribution in [0.15, 0.2) is 219 Å². The van der Waals surface area contributed by atoms with Crippen LogP contribution in [-0.2, 0) is 0 Å². The van der Waals surface area contributed by atoms with Gasteiger partial charge in [0.25, 0.3) is 0 Å². The lowest BCUT2D eigenvalue weighted by Gasteiger charge is -2.30. The minimum atomic E-state index is 0.980. The van der Waals surface area contributed by atoms with Crippen LogP contribution < -0.4 is 0 Å². The predicted octanol–water partition coefficient (Wildman–Crippen LogP) is 14.2. The van der Waals surface area contributed by atoms with E-state index in [1.54, 1.807) is 0 Å². The van der Waals surface area contributed by atoms with Gasteiger partial charge in [0.05, 0.1) is 50.2 Å². The van der Waals surface area contributed by atoms with Gasteiger partial charge in [-0.2, -0.15) is 0 Å². The number of hydrogen-bond acceptors (Lipinski definition) is 3. The molecule has 0 radical (unpaired) electrons. The molecule has 0 N–H and O–H groups in total. The van der Waals surface area contributed by atoms with E-state index < -0.39 is 0 Å². The molecule has 0 spiro atoms. The summed E-state index contributed by atoms with van der Waals surface area (Å²) >= 11 is 0. The molecular formula is C57H36N6. The number of benzene rings is 7. The minimum absolute atomic E-state index is 0.980. The third kappa shape index (κ3) is 5.15. The summed E-state index contributed by atoms with van der Waals surface area (Å²) in [6, 6.07) is 65.6. The molecule has 6 heterocycles. The molecule has 13 aromatic rings. The van der Waals surface area contributed by atoms with Gasteiger partial charge in [-0.15, -0.1) is 0 Å². The molecule has 0 atom stereocenters. The lowest BCUT2D eigenvalue weighted by atomic mass is 9.84. The van der Waals surface area contributed by atoms with E-state index in [0.29, 0.717) is 0 Å². The van der Waals surface area contributed by atoms with Crippen molar-refractivity contribution in [2.24, 2.45) is 0 Å². The molecule has 0 aliphatic rings. The maximum atomic E-state index is 4.84. The van der Waals surface area contributed by atoms with Crippen molar-refractivity contribution in [2.75, 3.05) is 0 Å². The first-order valence-electron chi connectivity index (χ1n) is 21.3. The van der Waals surface area contributed by atoms with Gasteiger partial charge in [0.2, 0.25) is 0 Å². The molecule has 0 aliphatic heterocycles. The van der Waals surface area contributed by atoms with E-state index >= 15 is 0 Å². The molecule has 0 bridgehead atoms. The van der Waals surface area contributed by atoms with Crippen molar-refractivity contribution in [3.63, 3.8) is 0 Å². The summed E-state index contributed by atoms with van der Waals surface area (Å²) in [5.74, 6) is 0. The molecule has 0 aliphatic carbocycles. The predicted molar refractivity (Wildman–Crippen MR) is 259 cm³/mol. The number of hydrogen-bond donors (Lipinski definition) is 0. The Morgan fingerprint density at radius 1 is 0.238 bits per heavy atom. The Bertz CT molecular complexity index is 3560. The van der Waals surface area contributed by atoms with Crippen molar-refractivity contribution in [2.45, 2.75) is 0 Å². The molecule has 0 amide bonds. The Morgan fingerprint density at radius 3 is 0.762 bits per heavy atom. The Labute approximate surface area is 362 Å². The van der Waals surface area contributed by atoms with Crippen LogP contribution in [0.3, 0.4) is 0 Å². The molecule has 13 rings (SSSR count). The van der Waals surface area contributed by atoms with Gasteiger partial charge in [-0.25, -0.2) is 0 Å². The summed E-state index contributed by atoms with van der Waals surface area (Å²) in [6.07, 6.45) is 11.6. The van der Waals surface area contributed by atoms with Crippen LogP contribution >= 0.6 is 0 Å². The van der Waals surface area contributed by atoms with Gasteiger partial charge >= 0.3 is 0 Å². The van der Waals surface area contributed by atoms with Crippen LogP contribution in [-0.4, -0.2) is 28.7 Å². The van der Waals surface area contributed by atoms with Crippen LogP contribution in [0.4, 0.5) is 0 Å². The topological polar surface area (TPSA) is 53.5 Å². The van der Waals surface area contributed by atoms with Crippen LogP contribution in [0.5, 0.6) is 0 Å². The first kappa shape index (κ1) is 35.2. The molecular weight excluding hydrogens is 769 g/mol. The molecule has 0 saturated carbocycles. The Kier molecular flexibility index (Phi) is 7.80. The number of para-hydroxylation sites is 6. The fourth-order valence-corrected chi connectivity index (χ4v) is 10.2. The molecule has 0 unspecified atom stereocenters. The highest BCUT2D eigenvalue weighted by molar-refractivity contribution is 6.17. The maximum absolute atomic E-state index is 4.84. The lowest BCUT2D eigenvalue weighted by molar-refractivity contribution is 1.05. The van der Waals surface area contributed by atoms with E-state index in [-0.39, 0.29) is 0 Å².